The van der Waals surface area contributed by atoms with Crippen molar-refractivity contribution in [2.24, 2.45) is 0 Å². The van der Waals surface area contributed by atoms with Gasteiger partial charge in [0.25, 0.3) is 0 Å². The van der Waals surface area contributed by atoms with E-state index in [1.54, 1.807) is 6.07 Å². The second-order valence-electron chi connectivity index (χ2n) is 5.90. The number of rotatable bonds is 3. The van der Waals surface area contributed by atoms with Crippen molar-refractivity contribution in [3.63, 3.8) is 0 Å². The van der Waals surface area contributed by atoms with Crippen LogP contribution in [0.15, 0.2) is 24.3 Å². The number of nitrogens with zero attached hydrogens (tertiary/aromatic N) is 2. The van der Waals surface area contributed by atoms with Gasteiger partial charge in [-0.1, -0.05) is 0 Å². The zero-order valence-electron chi connectivity index (χ0n) is 13.1. The predicted molar refractivity (Wildman–Crippen MR) is 85.9 cm³/mol. The summed E-state index contributed by atoms with van der Waals surface area (Å²) in [6.45, 7) is 3.64. The number of benzene rings is 1. The highest BCUT2D eigenvalue weighted by atomic mass is 19.2. The third-order valence-corrected chi connectivity index (χ3v) is 4.19. The van der Waals surface area contributed by atoms with Gasteiger partial charge in [-0.3, -0.25) is 5.10 Å². The molecule has 2 N–H and O–H groups in total. The Morgan fingerprint density at radius 1 is 1.21 bits per heavy atom. The zero-order valence-corrected chi connectivity index (χ0v) is 13.1. The fourth-order valence-corrected chi connectivity index (χ4v) is 2.92. The van der Waals surface area contributed by atoms with E-state index in [-0.39, 0.29) is 6.10 Å². The zero-order chi connectivity index (χ0) is 16.7. The van der Waals surface area contributed by atoms with Gasteiger partial charge in [0.05, 0.1) is 16.9 Å². The predicted octanol–water partition coefficient (Wildman–Crippen LogP) is 2.95. The number of nitrogens with one attached hydrogen (secondary N) is 2. The van der Waals surface area contributed by atoms with Gasteiger partial charge in [0, 0.05) is 18.0 Å². The average molecular weight is 330 g/mol. The van der Waals surface area contributed by atoms with Crippen LogP contribution in [0.3, 0.4) is 0 Å². The van der Waals surface area contributed by atoms with Crippen molar-refractivity contribution < 1.29 is 13.5 Å². The number of halogens is 2. The quantitative estimate of drug-likeness (QED) is 0.775. The smallest absolute Gasteiger partial charge is 0.160 e. The highest BCUT2D eigenvalue weighted by Crippen LogP contribution is 2.29. The number of hydrogen-bond donors (Lipinski definition) is 2. The lowest BCUT2D eigenvalue weighted by atomic mass is 10.1. The third-order valence-electron chi connectivity index (χ3n) is 4.19. The SMILES string of the molecule is Cc1nc(-c2n[nH]c3cc(F)c(F)cc23)ccc1OC1CCNC1. The van der Waals surface area contributed by atoms with Crippen LogP contribution in [0, 0.1) is 18.6 Å². The van der Waals surface area contributed by atoms with Crippen LogP contribution in [-0.4, -0.2) is 34.4 Å². The number of aromatic nitrogens is 3. The number of hydrogen-bond acceptors (Lipinski definition) is 4. The highest BCUT2D eigenvalue weighted by Gasteiger charge is 2.18. The second kappa shape index (κ2) is 5.83. The van der Waals surface area contributed by atoms with Crippen LogP contribution in [0.4, 0.5) is 8.78 Å². The fraction of sp³-hybridized carbons (Fsp3) is 0.294. The first-order valence-electron chi connectivity index (χ1n) is 7.80. The van der Waals surface area contributed by atoms with Crippen molar-refractivity contribution in [1.29, 1.82) is 0 Å². The standard InChI is InChI=1S/C17H16F2N4O/c1-9-16(24-10-4-5-20-8-10)3-2-14(21-9)17-11-6-12(18)13(19)7-15(11)22-23-17/h2-3,6-7,10,20H,4-5,8H2,1H3,(H,22,23). The van der Waals surface area contributed by atoms with Crippen LogP contribution >= 0.6 is 0 Å². The summed E-state index contributed by atoms with van der Waals surface area (Å²) in [6, 6.07) is 5.85. The molecule has 7 heteroatoms. The molecule has 5 nitrogen and oxygen atoms in total. The summed E-state index contributed by atoms with van der Waals surface area (Å²) in [5, 5.41) is 10.6. The molecule has 124 valence electrons. The van der Waals surface area contributed by atoms with Gasteiger partial charge in [0.2, 0.25) is 0 Å². The molecule has 0 bridgehead atoms. The summed E-state index contributed by atoms with van der Waals surface area (Å²) in [7, 11) is 0. The number of aryl methyl sites for hydroxylation is 1. The van der Waals surface area contributed by atoms with E-state index >= 15 is 0 Å². The molecule has 1 unspecified atom stereocenters. The molecular weight excluding hydrogens is 314 g/mol. The maximum atomic E-state index is 13.5. The summed E-state index contributed by atoms with van der Waals surface area (Å²) in [5.41, 5.74) is 2.24. The minimum absolute atomic E-state index is 0.152. The van der Waals surface area contributed by atoms with E-state index in [2.05, 4.69) is 20.5 Å². The van der Waals surface area contributed by atoms with E-state index in [4.69, 9.17) is 4.74 Å². The van der Waals surface area contributed by atoms with Gasteiger partial charge in [-0.15, -0.1) is 0 Å². The van der Waals surface area contributed by atoms with Crippen molar-refractivity contribution in [3.8, 4) is 17.1 Å². The molecule has 1 aliphatic rings. The third kappa shape index (κ3) is 2.60. The maximum Gasteiger partial charge on any atom is 0.160 e. The molecule has 3 aromatic rings. The Morgan fingerprint density at radius 3 is 2.79 bits per heavy atom. The molecule has 1 saturated heterocycles. The second-order valence-corrected chi connectivity index (χ2v) is 5.90. The van der Waals surface area contributed by atoms with Crippen LogP contribution in [-0.2, 0) is 0 Å². The van der Waals surface area contributed by atoms with Crippen molar-refractivity contribution in [3.05, 3.63) is 41.6 Å². The molecule has 1 fully saturated rings. The van der Waals surface area contributed by atoms with Crippen LogP contribution < -0.4 is 10.1 Å². The van der Waals surface area contributed by atoms with Crippen molar-refractivity contribution in [2.75, 3.05) is 13.1 Å². The van der Waals surface area contributed by atoms with E-state index in [0.29, 0.717) is 22.3 Å². The minimum atomic E-state index is -0.907. The number of ether oxygens (including phenoxy) is 1. The molecular formula is C17H16F2N4O. The lowest BCUT2D eigenvalue weighted by molar-refractivity contribution is 0.220. The topological polar surface area (TPSA) is 62.8 Å². The van der Waals surface area contributed by atoms with Gasteiger partial charge < -0.3 is 10.1 Å². The summed E-state index contributed by atoms with van der Waals surface area (Å²) in [5.74, 6) is -1.09. The Bertz CT molecular complexity index is 903. The Kier molecular flexibility index (Phi) is 3.65. The molecule has 1 atom stereocenters. The van der Waals surface area contributed by atoms with Crippen LogP contribution in [0.5, 0.6) is 5.75 Å². The monoisotopic (exact) mass is 330 g/mol. The number of pyridine rings is 1. The van der Waals surface area contributed by atoms with Gasteiger partial charge in [-0.25, -0.2) is 13.8 Å². The van der Waals surface area contributed by atoms with Crippen molar-refractivity contribution in [1.82, 2.24) is 20.5 Å². The number of aromatic amines is 1. The fourth-order valence-electron chi connectivity index (χ4n) is 2.92. The summed E-state index contributed by atoms with van der Waals surface area (Å²) >= 11 is 0. The minimum Gasteiger partial charge on any atom is -0.487 e. The molecule has 0 saturated carbocycles. The van der Waals surface area contributed by atoms with E-state index < -0.39 is 11.6 Å². The molecule has 0 aliphatic carbocycles. The average Bonchev–Trinajstić information content (AvgIpc) is 3.20. The molecule has 2 aromatic heterocycles. The highest BCUT2D eigenvalue weighted by molar-refractivity contribution is 5.92. The van der Waals surface area contributed by atoms with E-state index in [1.165, 1.54) is 0 Å². The number of fused-ring (bicyclic) bond motifs is 1. The van der Waals surface area contributed by atoms with Crippen molar-refractivity contribution in [2.45, 2.75) is 19.4 Å². The molecule has 3 heterocycles. The molecule has 0 spiro atoms. The summed E-state index contributed by atoms with van der Waals surface area (Å²) in [6.07, 6.45) is 1.12. The first kappa shape index (κ1) is 15.0. The van der Waals surface area contributed by atoms with E-state index in [1.807, 2.05) is 13.0 Å². The van der Waals surface area contributed by atoms with Gasteiger partial charge in [-0.2, -0.15) is 5.10 Å². The van der Waals surface area contributed by atoms with Gasteiger partial charge in [0.15, 0.2) is 11.6 Å². The van der Waals surface area contributed by atoms with E-state index in [9.17, 15) is 8.78 Å². The summed E-state index contributed by atoms with van der Waals surface area (Å²) < 4.78 is 32.8. The molecule has 1 aromatic carbocycles. The molecule has 0 radical (unpaired) electrons. The van der Waals surface area contributed by atoms with Gasteiger partial charge >= 0.3 is 0 Å². The largest absolute Gasteiger partial charge is 0.487 e. The Morgan fingerprint density at radius 2 is 2.04 bits per heavy atom. The van der Waals surface area contributed by atoms with Gasteiger partial charge in [0.1, 0.15) is 17.5 Å². The first-order chi connectivity index (χ1) is 11.6. The Balaban J connectivity index is 1.69. The maximum absolute atomic E-state index is 13.5. The normalized spacial score (nSPS) is 17.5. The summed E-state index contributed by atoms with van der Waals surface area (Å²) in [4.78, 5) is 4.52. The van der Waals surface area contributed by atoms with Crippen LogP contribution in [0.2, 0.25) is 0 Å². The van der Waals surface area contributed by atoms with Crippen molar-refractivity contribution >= 4 is 10.9 Å². The molecule has 24 heavy (non-hydrogen) atoms. The van der Waals surface area contributed by atoms with Gasteiger partial charge in [-0.05, 0) is 38.1 Å². The Labute approximate surface area is 137 Å². The van der Waals surface area contributed by atoms with Crippen LogP contribution in [0.1, 0.15) is 12.1 Å². The Hall–Kier alpha value is -2.54. The lowest BCUT2D eigenvalue weighted by Gasteiger charge is -2.14. The van der Waals surface area contributed by atoms with E-state index in [0.717, 1.165) is 43.1 Å². The number of H-pyrrole nitrogens is 1. The first-order valence-corrected chi connectivity index (χ1v) is 7.80. The lowest BCUT2D eigenvalue weighted by Crippen LogP contribution is -2.20. The molecule has 0 amide bonds. The van der Waals surface area contributed by atoms with Crippen LogP contribution in [0.25, 0.3) is 22.3 Å². The molecule has 1 aliphatic heterocycles. The molecule has 4 rings (SSSR count).